The van der Waals surface area contributed by atoms with Crippen molar-refractivity contribution < 1.29 is 19.8 Å². The Morgan fingerprint density at radius 2 is 2.00 bits per heavy atom. The van der Waals surface area contributed by atoms with Gasteiger partial charge in [0.1, 0.15) is 11.3 Å². The van der Waals surface area contributed by atoms with Gasteiger partial charge < -0.3 is 15.5 Å². The number of carboxylic acids is 1. The van der Waals surface area contributed by atoms with Gasteiger partial charge >= 0.3 is 5.97 Å². The Labute approximate surface area is 107 Å². The van der Waals surface area contributed by atoms with Crippen LogP contribution in [0.15, 0.2) is 36.8 Å². The maximum Gasteiger partial charge on any atom is 0.339 e. The Hall–Kier alpha value is -2.96. The van der Waals surface area contributed by atoms with E-state index in [1.807, 2.05) is 0 Å². The molecule has 0 bridgehead atoms. The van der Waals surface area contributed by atoms with E-state index < -0.39 is 17.6 Å². The summed E-state index contributed by atoms with van der Waals surface area (Å²) >= 11 is 0. The summed E-state index contributed by atoms with van der Waals surface area (Å²) in [5, 5.41) is 20.9. The molecular weight excluding hydrogens is 250 g/mol. The lowest BCUT2D eigenvalue weighted by atomic mass is 10.1. The van der Waals surface area contributed by atoms with Crippen LogP contribution in [0.2, 0.25) is 0 Å². The normalized spacial score (nSPS) is 9.89. The van der Waals surface area contributed by atoms with Crippen molar-refractivity contribution in [2.75, 3.05) is 5.32 Å². The second-order valence-corrected chi connectivity index (χ2v) is 3.55. The zero-order valence-electron chi connectivity index (χ0n) is 9.57. The molecule has 0 saturated carbocycles. The van der Waals surface area contributed by atoms with Crippen molar-refractivity contribution in [1.82, 2.24) is 9.97 Å². The zero-order chi connectivity index (χ0) is 13.8. The number of hydrogen-bond acceptors (Lipinski definition) is 5. The Balaban J connectivity index is 2.27. The van der Waals surface area contributed by atoms with Crippen LogP contribution in [0.1, 0.15) is 20.8 Å². The number of aromatic nitrogens is 2. The highest BCUT2D eigenvalue weighted by atomic mass is 16.4. The third-order valence-electron chi connectivity index (χ3n) is 2.31. The van der Waals surface area contributed by atoms with Crippen molar-refractivity contribution in [2.24, 2.45) is 0 Å². The number of nitrogens with zero attached hydrogens (tertiary/aromatic N) is 2. The lowest BCUT2D eigenvalue weighted by molar-refractivity contribution is 0.0693. The third kappa shape index (κ3) is 2.65. The van der Waals surface area contributed by atoms with Gasteiger partial charge in [0.2, 0.25) is 0 Å². The maximum absolute atomic E-state index is 11.8. The van der Waals surface area contributed by atoms with Gasteiger partial charge in [-0.1, -0.05) is 6.07 Å². The molecule has 0 unspecified atom stereocenters. The van der Waals surface area contributed by atoms with Crippen molar-refractivity contribution in [1.29, 1.82) is 0 Å². The number of para-hydroxylation sites is 1. The molecule has 1 heterocycles. The van der Waals surface area contributed by atoms with E-state index in [0.29, 0.717) is 0 Å². The summed E-state index contributed by atoms with van der Waals surface area (Å²) in [6.07, 6.45) is 4.02. The molecule has 0 fully saturated rings. The van der Waals surface area contributed by atoms with Gasteiger partial charge in [0.05, 0.1) is 11.9 Å². The summed E-state index contributed by atoms with van der Waals surface area (Å²) in [7, 11) is 0. The number of carbonyl (C=O) groups excluding carboxylic acids is 1. The zero-order valence-corrected chi connectivity index (χ0v) is 9.57. The van der Waals surface area contributed by atoms with Gasteiger partial charge in [0, 0.05) is 12.4 Å². The molecule has 0 atom stereocenters. The molecule has 2 aromatic rings. The fraction of sp³-hybridized carbons (Fsp3) is 0. The average molecular weight is 259 g/mol. The minimum Gasteiger partial charge on any atom is -0.505 e. The highest BCUT2D eigenvalue weighted by Crippen LogP contribution is 2.27. The van der Waals surface area contributed by atoms with Gasteiger partial charge in [-0.2, -0.15) is 0 Å². The van der Waals surface area contributed by atoms with Gasteiger partial charge in [-0.3, -0.25) is 9.78 Å². The van der Waals surface area contributed by atoms with Gasteiger partial charge in [0.25, 0.3) is 5.91 Å². The lowest BCUT2D eigenvalue weighted by Gasteiger charge is -2.08. The number of amides is 1. The molecule has 96 valence electrons. The number of rotatable bonds is 3. The van der Waals surface area contributed by atoms with Crippen molar-refractivity contribution >= 4 is 17.6 Å². The quantitative estimate of drug-likeness (QED) is 0.712. The summed E-state index contributed by atoms with van der Waals surface area (Å²) in [5.74, 6) is -2.38. The second kappa shape index (κ2) is 5.13. The van der Waals surface area contributed by atoms with Crippen LogP contribution in [-0.2, 0) is 0 Å². The summed E-state index contributed by atoms with van der Waals surface area (Å²) in [4.78, 5) is 30.1. The molecule has 0 aliphatic carbocycles. The number of hydrogen-bond donors (Lipinski definition) is 3. The Bertz CT molecular complexity index is 628. The first-order chi connectivity index (χ1) is 9.09. The maximum atomic E-state index is 11.8. The molecule has 1 aromatic heterocycles. The molecule has 7 heteroatoms. The summed E-state index contributed by atoms with van der Waals surface area (Å²) in [6.45, 7) is 0. The molecule has 0 spiro atoms. The largest absolute Gasteiger partial charge is 0.505 e. The average Bonchev–Trinajstić information content (AvgIpc) is 2.41. The van der Waals surface area contributed by atoms with Gasteiger partial charge in [-0.15, -0.1) is 0 Å². The van der Waals surface area contributed by atoms with Crippen LogP contribution in [0.4, 0.5) is 5.69 Å². The molecule has 0 radical (unpaired) electrons. The number of carboxylic acid groups (broad SMARTS) is 1. The predicted molar refractivity (Wildman–Crippen MR) is 65.1 cm³/mol. The Morgan fingerprint density at radius 1 is 1.21 bits per heavy atom. The van der Waals surface area contributed by atoms with E-state index in [0.717, 1.165) is 0 Å². The molecular formula is C12H9N3O4. The Kier molecular flexibility index (Phi) is 3.37. The first kappa shape index (κ1) is 12.5. The number of benzene rings is 1. The minimum absolute atomic E-state index is 0.00412. The van der Waals surface area contributed by atoms with E-state index in [-0.39, 0.29) is 16.9 Å². The van der Waals surface area contributed by atoms with Gasteiger partial charge in [-0.25, -0.2) is 9.78 Å². The third-order valence-corrected chi connectivity index (χ3v) is 2.31. The highest BCUT2D eigenvalue weighted by molar-refractivity contribution is 6.04. The van der Waals surface area contributed by atoms with E-state index >= 15 is 0 Å². The van der Waals surface area contributed by atoms with E-state index in [2.05, 4.69) is 15.3 Å². The molecule has 0 aliphatic rings. The van der Waals surface area contributed by atoms with E-state index in [9.17, 15) is 14.7 Å². The molecule has 19 heavy (non-hydrogen) atoms. The fourth-order valence-electron chi connectivity index (χ4n) is 1.42. The van der Waals surface area contributed by atoms with E-state index in [4.69, 9.17) is 5.11 Å². The van der Waals surface area contributed by atoms with Crippen LogP contribution < -0.4 is 5.32 Å². The topological polar surface area (TPSA) is 112 Å². The molecule has 1 aromatic carbocycles. The van der Waals surface area contributed by atoms with Gasteiger partial charge in [0.15, 0.2) is 5.75 Å². The Morgan fingerprint density at radius 3 is 2.63 bits per heavy atom. The smallest absolute Gasteiger partial charge is 0.339 e. The number of anilines is 1. The van der Waals surface area contributed by atoms with Crippen LogP contribution in [0, 0.1) is 0 Å². The highest BCUT2D eigenvalue weighted by Gasteiger charge is 2.15. The van der Waals surface area contributed by atoms with Crippen LogP contribution in [0.5, 0.6) is 5.75 Å². The van der Waals surface area contributed by atoms with E-state index in [1.165, 1.54) is 36.8 Å². The SMILES string of the molecule is O=C(Nc1cccc(C(=O)O)c1O)c1cnccn1. The van der Waals surface area contributed by atoms with Gasteiger partial charge in [-0.05, 0) is 12.1 Å². The number of aromatic hydroxyl groups is 1. The molecule has 0 aliphatic heterocycles. The van der Waals surface area contributed by atoms with Crippen molar-refractivity contribution in [3.05, 3.63) is 48.0 Å². The number of aromatic carboxylic acids is 1. The van der Waals surface area contributed by atoms with Crippen LogP contribution in [-0.4, -0.2) is 32.1 Å². The molecule has 2 rings (SSSR count). The minimum atomic E-state index is -1.28. The first-order valence-electron chi connectivity index (χ1n) is 5.22. The molecule has 7 nitrogen and oxygen atoms in total. The number of nitrogens with one attached hydrogen (secondary N) is 1. The number of carbonyl (C=O) groups is 2. The van der Waals surface area contributed by atoms with Crippen molar-refractivity contribution in [3.8, 4) is 5.75 Å². The summed E-state index contributed by atoms with van der Waals surface area (Å²) < 4.78 is 0. The van der Waals surface area contributed by atoms with Crippen LogP contribution >= 0.6 is 0 Å². The predicted octanol–water partition coefficient (Wildman–Crippen LogP) is 1.13. The fourth-order valence-corrected chi connectivity index (χ4v) is 1.42. The van der Waals surface area contributed by atoms with Crippen LogP contribution in [0.3, 0.4) is 0 Å². The second-order valence-electron chi connectivity index (χ2n) is 3.55. The molecule has 0 saturated heterocycles. The van der Waals surface area contributed by atoms with Crippen LogP contribution in [0.25, 0.3) is 0 Å². The van der Waals surface area contributed by atoms with Crippen molar-refractivity contribution in [2.45, 2.75) is 0 Å². The monoisotopic (exact) mass is 259 g/mol. The molecule has 1 amide bonds. The standard InChI is InChI=1S/C12H9N3O4/c16-10-7(12(18)19)2-1-3-8(10)15-11(17)9-6-13-4-5-14-9/h1-6,16H,(H,15,17)(H,18,19). The lowest BCUT2D eigenvalue weighted by Crippen LogP contribution is -2.14. The number of phenols is 1. The summed E-state index contributed by atoms with van der Waals surface area (Å²) in [6, 6.07) is 4.03. The first-order valence-corrected chi connectivity index (χ1v) is 5.22. The molecule has 3 N–H and O–H groups in total. The summed E-state index contributed by atoms with van der Waals surface area (Å²) in [5.41, 5.74) is -0.241. The van der Waals surface area contributed by atoms with E-state index in [1.54, 1.807) is 0 Å². The van der Waals surface area contributed by atoms with Crippen molar-refractivity contribution in [3.63, 3.8) is 0 Å².